The van der Waals surface area contributed by atoms with Crippen molar-refractivity contribution in [2.24, 2.45) is 0 Å². The summed E-state index contributed by atoms with van der Waals surface area (Å²) < 4.78 is 72.0. The molecule has 50 heavy (non-hydrogen) atoms. The molecule has 3 heterocycles. The highest BCUT2D eigenvalue weighted by molar-refractivity contribution is 6.15. The van der Waals surface area contributed by atoms with Crippen LogP contribution in [0.2, 0.25) is 0 Å². The number of fused-ring (bicyclic) bond motifs is 6. The summed E-state index contributed by atoms with van der Waals surface area (Å²) >= 11 is 0. The van der Waals surface area contributed by atoms with Gasteiger partial charge in [-0.15, -0.1) is 0 Å². The van der Waals surface area contributed by atoms with Crippen molar-refractivity contribution in [1.82, 2.24) is 19.5 Å². The van der Waals surface area contributed by atoms with E-state index < -0.39 is 18.1 Å². The zero-order valence-corrected chi connectivity index (χ0v) is 26.3. The fourth-order valence-corrected chi connectivity index (χ4v) is 6.66. The molecule has 0 fully saturated rings. The maximum Gasteiger partial charge on any atom is 0.166 e. The third kappa shape index (κ3) is 4.52. The average Bonchev–Trinajstić information content (AvgIpc) is 3.81. The highest BCUT2D eigenvalue weighted by Gasteiger charge is 2.22. The van der Waals surface area contributed by atoms with Gasteiger partial charge in [0.25, 0.3) is 0 Å². The second-order valence-electron chi connectivity index (χ2n) is 11.9. The van der Waals surface area contributed by atoms with E-state index in [1.165, 1.54) is 0 Å². The normalized spacial score (nSPS) is 13.6. The van der Waals surface area contributed by atoms with E-state index in [9.17, 15) is 4.11 Å². The minimum atomic E-state index is -0.484. The van der Waals surface area contributed by atoms with Crippen LogP contribution in [0.5, 0.6) is 0 Å². The Balaban J connectivity index is 1.38. The molecule has 0 spiro atoms. The first-order valence-electron chi connectivity index (χ1n) is 19.6. The molecule has 234 valence electrons. The number of hydrogen-bond acceptors (Lipinski definition) is 4. The number of rotatable bonds is 5. The van der Waals surface area contributed by atoms with E-state index in [-0.39, 0.29) is 57.4 Å². The lowest BCUT2D eigenvalue weighted by atomic mass is 10.0. The van der Waals surface area contributed by atoms with Gasteiger partial charge in [-0.25, -0.2) is 15.0 Å². The number of nitrogens with zero attached hydrogens (tertiary/aromatic N) is 4. The molecule has 0 amide bonds. The van der Waals surface area contributed by atoms with Crippen LogP contribution in [-0.2, 0) is 0 Å². The molecule has 10 aromatic rings. The molecule has 5 nitrogen and oxygen atoms in total. The van der Waals surface area contributed by atoms with E-state index in [1.54, 1.807) is 10.6 Å². The van der Waals surface area contributed by atoms with E-state index in [4.69, 9.17) is 24.9 Å². The molecule has 0 unspecified atom stereocenters. The standard InChI is InChI=1S/C45H28N4O/c1-4-14-29(15-5-1)32-26-27-40-37(28-32)35-22-13-25-39(42(35)50-40)49-38-24-11-10-20-33(38)34-21-12-23-36(41(34)49)45-47-43(30-16-6-2-7-17-30)46-44(48-45)31-18-8-3-9-19-31/h1-28H/i10D,11D,12D,20D,21D,23D,24D. The van der Waals surface area contributed by atoms with Gasteiger partial charge < -0.3 is 8.98 Å². The van der Waals surface area contributed by atoms with Crippen molar-refractivity contribution in [1.29, 1.82) is 0 Å². The molecule has 0 N–H and O–H groups in total. The number of benzene rings is 7. The zero-order chi connectivity index (χ0) is 39.1. The summed E-state index contributed by atoms with van der Waals surface area (Å²) in [6, 6.07) is 37.3. The van der Waals surface area contributed by atoms with E-state index in [1.807, 2.05) is 115 Å². The van der Waals surface area contributed by atoms with Crippen molar-refractivity contribution in [2.45, 2.75) is 0 Å². The summed E-state index contributed by atoms with van der Waals surface area (Å²) in [5.41, 5.74) is 5.14. The van der Waals surface area contributed by atoms with Crippen molar-refractivity contribution >= 4 is 43.7 Å². The molecule has 0 aliphatic carbocycles. The van der Waals surface area contributed by atoms with Crippen LogP contribution >= 0.6 is 0 Å². The van der Waals surface area contributed by atoms with Gasteiger partial charge in [0, 0.05) is 38.2 Å². The maximum atomic E-state index is 9.47. The van der Waals surface area contributed by atoms with Crippen molar-refractivity contribution in [3.63, 3.8) is 0 Å². The second kappa shape index (κ2) is 11.4. The molecule has 0 atom stereocenters. The first-order chi connectivity index (χ1) is 27.7. The van der Waals surface area contributed by atoms with E-state index in [0.717, 1.165) is 21.9 Å². The minimum Gasteiger partial charge on any atom is -0.454 e. The van der Waals surface area contributed by atoms with Crippen LogP contribution in [0.1, 0.15) is 9.60 Å². The van der Waals surface area contributed by atoms with Crippen molar-refractivity contribution < 1.29 is 14.0 Å². The summed E-state index contributed by atoms with van der Waals surface area (Å²) in [4.78, 5) is 14.6. The summed E-state index contributed by atoms with van der Waals surface area (Å²) in [5, 5.41) is 1.69. The fourth-order valence-electron chi connectivity index (χ4n) is 6.66. The molecule has 0 saturated carbocycles. The Morgan fingerprint density at radius 2 is 1.12 bits per heavy atom. The predicted molar refractivity (Wildman–Crippen MR) is 203 cm³/mol. The van der Waals surface area contributed by atoms with Gasteiger partial charge in [0.2, 0.25) is 0 Å². The molecule has 0 radical (unpaired) electrons. The number of hydrogen-bond donors (Lipinski definition) is 0. The van der Waals surface area contributed by atoms with Gasteiger partial charge in [0.05, 0.1) is 26.3 Å². The molecule has 0 bridgehead atoms. The van der Waals surface area contributed by atoms with Crippen LogP contribution in [0, 0.1) is 0 Å². The van der Waals surface area contributed by atoms with Crippen molar-refractivity contribution in [3.05, 3.63) is 170 Å². The number of aromatic nitrogens is 4. The molecule has 3 aromatic heterocycles. The summed E-state index contributed by atoms with van der Waals surface area (Å²) in [5.74, 6) is 0.665. The topological polar surface area (TPSA) is 56.7 Å². The van der Waals surface area contributed by atoms with Crippen LogP contribution in [0.15, 0.2) is 174 Å². The molecule has 0 saturated heterocycles. The van der Waals surface area contributed by atoms with Gasteiger partial charge in [-0.1, -0.05) is 139 Å². The lowest BCUT2D eigenvalue weighted by molar-refractivity contribution is 0.666. The van der Waals surface area contributed by atoms with Crippen LogP contribution in [0.3, 0.4) is 0 Å². The maximum absolute atomic E-state index is 9.47. The molecule has 7 aromatic carbocycles. The molecule has 10 rings (SSSR count). The molecule has 5 heteroatoms. The number of furan rings is 1. The lowest BCUT2D eigenvalue weighted by Gasteiger charge is -2.13. The van der Waals surface area contributed by atoms with E-state index in [2.05, 4.69) is 6.07 Å². The first kappa shape index (κ1) is 21.9. The van der Waals surface area contributed by atoms with Crippen LogP contribution < -0.4 is 0 Å². The Morgan fingerprint density at radius 1 is 0.480 bits per heavy atom. The van der Waals surface area contributed by atoms with Gasteiger partial charge in [-0.05, 0) is 41.4 Å². The van der Waals surface area contributed by atoms with E-state index >= 15 is 0 Å². The Labute approximate surface area is 297 Å². The zero-order valence-electron chi connectivity index (χ0n) is 33.3. The van der Waals surface area contributed by atoms with Gasteiger partial charge in [-0.3, -0.25) is 0 Å². The lowest BCUT2D eigenvalue weighted by Crippen LogP contribution is -2.02. The summed E-state index contributed by atoms with van der Waals surface area (Å²) in [7, 11) is 0. The highest BCUT2D eigenvalue weighted by Crippen LogP contribution is 2.41. The minimum absolute atomic E-state index is 0.0369. The Bertz CT molecular complexity index is 3200. The fraction of sp³-hybridized carbons (Fsp3) is 0. The third-order valence-corrected chi connectivity index (χ3v) is 8.96. The second-order valence-corrected chi connectivity index (χ2v) is 11.9. The largest absolute Gasteiger partial charge is 0.454 e. The molecular weight excluding hydrogens is 613 g/mol. The molecule has 0 aliphatic heterocycles. The van der Waals surface area contributed by atoms with Gasteiger partial charge in [-0.2, -0.15) is 0 Å². The van der Waals surface area contributed by atoms with Gasteiger partial charge in [0.15, 0.2) is 23.1 Å². The van der Waals surface area contributed by atoms with Gasteiger partial charge in [0.1, 0.15) is 5.58 Å². The van der Waals surface area contributed by atoms with Crippen LogP contribution in [0.4, 0.5) is 0 Å². The monoisotopic (exact) mass is 647 g/mol. The van der Waals surface area contributed by atoms with Crippen LogP contribution in [-0.4, -0.2) is 19.5 Å². The molecular formula is C45H28N4O. The van der Waals surface area contributed by atoms with Crippen molar-refractivity contribution in [3.8, 4) is 51.0 Å². The first-order valence-corrected chi connectivity index (χ1v) is 16.1. The SMILES string of the molecule is [2H]c1c([2H])c([2H])c2c(c1[2H])c1c([2H])c([2H])c([2H])c(-c3nc(-c4ccccc4)nc(-c4ccccc4)n3)c1n2-c1cccc2c1oc1ccc(-c3ccccc3)cc12. The van der Waals surface area contributed by atoms with Gasteiger partial charge >= 0.3 is 0 Å². The Hall–Kier alpha value is -6.85. The van der Waals surface area contributed by atoms with Crippen molar-refractivity contribution in [2.75, 3.05) is 0 Å². The smallest absolute Gasteiger partial charge is 0.166 e. The Kier molecular flexibility index (Phi) is 4.99. The van der Waals surface area contributed by atoms with E-state index in [0.29, 0.717) is 39.6 Å². The van der Waals surface area contributed by atoms with Crippen LogP contribution in [0.25, 0.3) is 94.7 Å². The third-order valence-electron chi connectivity index (χ3n) is 8.96. The summed E-state index contributed by atoms with van der Waals surface area (Å²) in [6.45, 7) is 0. The average molecular weight is 648 g/mol. The quantitative estimate of drug-likeness (QED) is 0.186. The molecule has 0 aliphatic rings. The summed E-state index contributed by atoms with van der Waals surface area (Å²) in [6.07, 6.45) is 0. The number of para-hydroxylation sites is 3. The highest BCUT2D eigenvalue weighted by atomic mass is 16.3. The predicted octanol–water partition coefficient (Wildman–Crippen LogP) is 11.5. The Morgan fingerprint density at radius 3 is 1.84 bits per heavy atom.